The first kappa shape index (κ1) is 24.2. The molecule has 2 aliphatic rings. The van der Waals surface area contributed by atoms with Gasteiger partial charge < -0.3 is 19.5 Å². The minimum absolute atomic E-state index is 0.113. The van der Waals surface area contributed by atoms with Crippen molar-refractivity contribution >= 4 is 17.1 Å². The fourth-order valence-corrected chi connectivity index (χ4v) is 5.02. The Morgan fingerprint density at radius 3 is 2.53 bits per heavy atom. The van der Waals surface area contributed by atoms with Crippen LogP contribution in [0.15, 0.2) is 35.3 Å². The maximum Gasteiger partial charge on any atom is 0.573 e. The first-order valence-electron chi connectivity index (χ1n) is 11.8. The summed E-state index contributed by atoms with van der Waals surface area (Å²) in [6.45, 7) is 2.03. The standard InChI is InChI=1S/C24H25F3N4O5/c25-24(26,27)36-17-1-2-18(20(32)12-17)22(33)30-7-3-16(4-8-30)31-19-11-15(14-5-9-35-10-6-14)13-28-21(19)29-23(31)34/h1-2,11-14,16,32H,3-10H2,(H,28,29,34). The fraction of sp³-hybridized carbons (Fsp3) is 0.458. The molecule has 1 aromatic carbocycles. The second-order valence-corrected chi connectivity index (χ2v) is 9.07. The molecule has 4 heterocycles. The van der Waals surface area contributed by atoms with Gasteiger partial charge in [0.05, 0.1) is 11.1 Å². The van der Waals surface area contributed by atoms with Gasteiger partial charge in [0, 0.05) is 44.6 Å². The van der Waals surface area contributed by atoms with Gasteiger partial charge in [-0.05, 0) is 55.4 Å². The Morgan fingerprint density at radius 1 is 1.14 bits per heavy atom. The number of H-pyrrole nitrogens is 1. The van der Waals surface area contributed by atoms with E-state index < -0.39 is 23.8 Å². The topological polar surface area (TPSA) is 110 Å². The lowest BCUT2D eigenvalue weighted by Gasteiger charge is -2.32. The van der Waals surface area contributed by atoms with Crippen molar-refractivity contribution < 1.29 is 32.5 Å². The smallest absolute Gasteiger partial charge is 0.507 e. The summed E-state index contributed by atoms with van der Waals surface area (Å²) < 4.78 is 48.1. The van der Waals surface area contributed by atoms with Gasteiger partial charge >= 0.3 is 12.1 Å². The van der Waals surface area contributed by atoms with Crippen molar-refractivity contribution in [3.8, 4) is 11.5 Å². The number of pyridine rings is 1. The van der Waals surface area contributed by atoms with Crippen LogP contribution >= 0.6 is 0 Å². The molecule has 12 heteroatoms. The number of amides is 1. The Balaban J connectivity index is 1.30. The number of carbonyl (C=O) groups is 1. The number of halogens is 3. The van der Waals surface area contributed by atoms with Gasteiger partial charge in [0.25, 0.3) is 5.91 Å². The van der Waals surface area contributed by atoms with E-state index >= 15 is 0 Å². The van der Waals surface area contributed by atoms with Gasteiger partial charge in [-0.3, -0.25) is 14.3 Å². The second kappa shape index (κ2) is 9.49. The van der Waals surface area contributed by atoms with E-state index in [1.165, 1.54) is 4.90 Å². The molecule has 3 aromatic rings. The molecular formula is C24H25F3N4O5. The van der Waals surface area contributed by atoms with E-state index in [1.807, 2.05) is 6.07 Å². The lowest BCUT2D eigenvalue weighted by Crippen LogP contribution is -2.40. The normalized spacial score (nSPS) is 18.0. The minimum Gasteiger partial charge on any atom is -0.507 e. The van der Waals surface area contributed by atoms with E-state index in [0.29, 0.717) is 50.7 Å². The number of piperidine rings is 1. The maximum absolute atomic E-state index is 12.9. The van der Waals surface area contributed by atoms with Crippen LogP contribution in [-0.4, -0.2) is 63.1 Å². The zero-order chi connectivity index (χ0) is 25.4. The number of rotatable bonds is 4. The number of alkyl halides is 3. The van der Waals surface area contributed by atoms with E-state index in [1.54, 1.807) is 10.8 Å². The van der Waals surface area contributed by atoms with Crippen molar-refractivity contribution in [2.24, 2.45) is 0 Å². The predicted molar refractivity (Wildman–Crippen MR) is 122 cm³/mol. The number of hydrogen-bond donors (Lipinski definition) is 2. The number of likely N-dealkylation sites (tertiary alicyclic amines) is 1. The highest BCUT2D eigenvalue weighted by molar-refractivity contribution is 5.97. The summed E-state index contributed by atoms with van der Waals surface area (Å²) >= 11 is 0. The lowest BCUT2D eigenvalue weighted by atomic mass is 9.93. The Bertz CT molecular complexity index is 1320. The van der Waals surface area contributed by atoms with Crippen LogP contribution < -0.4 is 10.4 Å². The number of benzene rings is 1. The first-order valence-corrected chi connectivity index (χ1v) is 11.8. The summed E-state index contributed by atoms with van der Waals surface area (Å²) in [5.74, 6) is -1.38. The molecule has 36 heavy (non-hydrogen) atoms. The van der Waals surface area contributed by atoms with Gasteiger partial charge in [0.1, 0.15) is 11.5 Å². The number of ether oxygens (including phenoxy) is 2. The van der Waals surface area contributed by atoms with Gasteiger partial charge in [0.15, 0.2) is 5.65 Å². The molecule has 0 aliphatic carbocycles. The Hall–Kier alpha value is -3.54. The lowest BCUT2D eigenvalue weighted by molar-refractivity contribution is -0.274. The van der Waals surface area contributed by atoms with Gasteiger partial charge in [-0.1, -0.05) is 0 Å². The number of fused-ring (bicyclic) bond motifs is 1. The summed E-state index contributed by atoms with van der Waals surface area (Å²) in [5.41, 5.74) is 1.94. The molecule has 2 fully saturated rings. The highest BCUT2D eigenvalue weighted by atomic mass is 19.4. The first-order chi connectivity index (χ1) is 17.2. The average Bonchev–Trinajstić information content (AvgIpc) is 3.18. The van der Waals surface area contributed by atoms with Crippen LogP contribution in [0, 0.1) is 0 Å². The third kappa shape index (κ3) is 4.90. The monoisotopic (exact) mass is 506 g/mol. The van der Waals surface area contributed by atoms with Gasteiger partial charge in [0.2, 0.25) is 0 Å². The number of phenolic OH excluding ortho intramolecular Hbond substituents is 1. The summed E-state index contributed by atoms with van der Waals surface area (Å²) in [7, 11) is 0. The zero-order valence-electron chi connectivity index (χ0n) is 19.3. The fourth-order valence-electron chi connectivity index (χ4n) is 5.02. The highest BCUT2D eigenvalue weighted by Gasteiger charge is 2.32. The number of nitrogens with one attached hydrogen (secondary N) is 1. The summed E-state index contributed by atoms with van der Waals surface area (Å²) in [6.07, 6.45) is -0.304. The van der Waals surface area contributed by atoms with Crippen molar-refractivity contribution in [2.75, 3.05) is 26.3 Å². The molecule has 0 saturated carbocycles. The molecule has 2 aromatic heterocycles. The maximum atomic E-state index is 12.9. The van der Waals surface area contributed by atoms with Gasteiger partial charge in [-0.25, -0.2) is 9.78 Å². The number of aromatic nitrogens is 3. The Labute approximate surface area is 203 Å². The second-order valence-electron chi connectivity index (χ2n) is 9.07. The molecule has 2 aliphatic heterocycles. The molecule has 0 radical (unpaired) electrons. The molecule has 9 nitrogen and oxygen atoms in total. The van der Waals surface area contributed by atoms with E-state index in [4.69, 9.17) is 4.74 Å². The third-order valence-corrected chi connectivity index (χ3v) is 6.84. The number of aromatic amines is 1. The molecule has 5 rings (SSSR count). The van der Waals surface area contributed by atoms with Crippen molar-refractivity contribution in [1.29, 1.82) is 0 Å². The quantitative estimate of drug-likeness (QED) is 0.559. The van der Waals surface area contributed by atoms with E-state index in [2.05, 4.69) is 14.7 Å². The third-order valence-electron chi connectivity index (χ3n) is 6.84. The zero-order valence-corrected chi connectivity index (χ0v) is 19.3. The summed E-state index contributed by atoms with van der Waals surface area (Å²) in [4.78, 5) is 34.5. The van der Waals surface area contributed by atoms with Crippen molar-refractivity contribution in [2.45, 2.75) is 44.0 Å². The van der Waals surface area contributed by atoms with Gasteiger partial charge in [-0.2, -0.15) is 0 Å². The van der Waals surface area contributed by atoms with Crippen LogP contribution in [-0.2, 0) is 4.74 Å². The SMILES string of the molecule is O=C(c1ccc(OC(F)(F)F)cc1O)N1CCC(n2c(=O)[nH]c3ncc(C4CCOCC4)cc32)CC1. The number of phenols is 1. The van der Waals surface area contributed by atoms with Crippen molar-refractivity contribution in [3.05, 3.63) is 52.1 Å². The molecular weight excluding hydrogens is 481 g/mol. The van der Waals surface area contributed by atoms with Crippen LogP contribution in [0.4, 0.5) is 13.2 Å². The molecule has 2 saturated heterocycles. The van der Waals surface area contributed by atoms with Crippen LogP contribution in [0.3, 0.4) is 0 Å². The number of imidazole rings is 1. The van der Waals surface area contributed by atoms with E-state index in [9.17, 15) is 27.9 Å². The van der Waals surface area contributed by atoms with Crippen LogP contribution in [0.25, 0.3) is 11.2 Å². The Kier molecular flexibility index (Phi) is 6.37. The molecule has 1 amide bonds. The summed E-state index contributed by atoms with van der Waals surface area (Å²) in [6, 6.07) is 4.72. The largest absolute Gasteiger partial charge is 0.573 e. The molecule has 0 bridgehead atoms. The van der Waals surface area contributed by atoms with Crippen molar-refractivity contribution in [1.82, 2.24) is 19.4 Å². The predicted octanol–water partition coefficient (Wildman–Crippen LogP) is 3.70. The highest BCUT2D eigenvalue weighted by Crippen LogP contribution is 2.32. The average molecular weight is 506 g/mol. The van der Waals surface area contributed by atoms with Crippen LogP contribution in [0.1, 0.15) is 53.6 Å². The van der Waals surface area contributed by atoms with Crippen LogP contribution in [0.5, 0.6) is 11.5 Å². The van der Waals surface area contributed by atoms with Gasteiger partial charge in [-0.15, -0.1) is 13.2 Å². The number of aromatic hydroxyl groups is 1. The van der Waals surface area contributed by atoms with Crippen LogP contribution in [0.2, 0.25) is 0 Å². The van der Waals surface area contributed by atoms with E-state index in [-0.39, 0.29) is 17.3 Å². The number of hydrogen-bond acceptors (Lipinski definition) is 6. The van der Waals surface area contributed by atoms with E-state index in [0.717, 1.165) is 42.1 Å². The molecule has 192 valence electrons. The number of nitrogens with zero attached hydrogens (tertiary/aromatic N) is 3. The summed E-state index contributed by atoms with van der Waals surface area (Å²) in [5, 5.41) is 10.1. The van der Waals surface area contributed by atoms with Crippen molar-refractivity contribution in [3.63, 3.8) is 0 Å². The molecule has 2 N–H and O–H groups in total. The number of carbonyl (C=O) groups excluding carboxylic acids is 1. The molecule has 0 atom stereocenters. The molecule has 0 unspecified atom stereocenters. The molecule has 0 spiro atoms. The minimum atomic E-state index is -4.90. The Morgan fingerprint density at radius 2 is 1.86 bits per heavy atom.